The van der Waals surface area contributed by atoms with Crippen LogP contribution >= 0.6 is 0 Å². The fourth-order valence-corrected chi connectivity index (χ4v) is 5.32. The number of carbonyl (C=O) groups is 1. The molecule has 4 rings (SSSR count). The lowest BCUT2D eigenvalue weighted by Gasteiger charge is -2.33. The number of aliphatic hydroxyl groups is 1. The third kappa shape index (κ3) is 12.8. The second-order valence-electron chi connectivity index (χ2n) is 12.2. The number of carbonyl (C=O) groups excluding carboxylic acids is 1. The maximum absolute atomic E-state index is 12.1. The Labute approximate surface area is 268 Å². The highest BCUT2D eigenvalue weighted by Gasteiger charge is 2.27. The minimum absolute atomic E-state index is 0.181. The Morgan fingerprint density at radius 1 is 0.867 bits per heavy atom. The lowest BCUT2D eigenvalue weighted by atomic mass is 10.0. The van der Waals surface area contributed by atoms with Gasteiger partial charge >= 0.3 is 6.03 Å². The highest BCUT2D eigenvalue weighted by Crippen LogP contribution is 2.32. The van der Waals surface area contributed by atoms with Gasteiger partial charge in [0.15, 0.2) is 0 Å². The van der Waals surface area contributed by atoms with Crippen molar-refractivity contribution in [3.8, 4) is 5.75 Å². The summed E-state index contributed by atoms with van der Waals surface area (Å²) < 4.78 is 17.4. The molecule has 0 unspecified atom stereocenters. The molecule has 2 amide bonds. The minimum atomic E-state index is -0.610. The Bertz CT molecular complexity index is 1300. The van der Waals surface area contributed by atoms with E-state index in [4.69, 9.17) is 14.2 Å². The molecule has 0 bridgehead atoms. The molecule has 0 spiro atoms. The molecular formula is C37H51N3O5. The van der Waals surface area contributed by atoms with Crippen molar-refractivity contribution in [3.63, 3.8) is 0 Å². The number of rotatable bonds is 19. The van der Waals surface area contributed by atoms with Crippen LogP contribution < -0.4 is 20.7 Å². The Morgan fingerprint density at radius 3 is 2.44 bits per heavy atom. The molecule has 1 atom stereocenters. The second kappa shape index (κ2) is 18.5. The number of amides is 2. The van der Waals surface area contributed by atoms with E-state index in [1.165, 1.54) is 11.1 Å². The van der Waals surface area contributed by atoms with Crippen LogP contribution in [0.1, 0.15) is 80.7 Å². The topological polar surface area (TPSA) is 101 Å². The Balaban J connectivity index is 0.952. The maximum Gasteiger partial charge on any atom is 0.319 e. The van der Waals surface area contributed by atoms with Gasteiger partial charge in [-0.05, 0) is 86.0 Å². The van der Waals surface area contributed by atoms with E-state index in [2.05, 4.69) is 40.2 Å². The second-order valence-corrected chi connectivity index (χ2v) is 12.2. The van der Waals surface area contributed by atoms with Crippen molar-refractivity contribution < 1.29 is 24.1 Å². The highest BCUT2D eigenvalue weighted by atomic mass is 16.7. The van der Waals surface area contributed by atoms with Crippen molar-refractivity contribution in [2.24, 2.45) is 0 Å². The number of anilines is 1. The molecule has 1 aliphatic heterocycles. The fourth-order valence-electron chi connectivity index (χ4n) is 5.32. The van der Waals surface area contributed by atoms with Crippen LogP contribution in [0.4, 0.5) is 10.5 Å². The standard InChI is InChI=1S/C37H51N3O5/c1-37(2)44-28-32-26-31(18-19-35(32)45-37)34(41)27-38-21-9-3-4-10-23-43-24-11-8-13-29-14-12-15-30(25-29)20-22-39-36(42)40-33-16-6-5-7-17-33/h5-7,12,14-19,25-26,34,38,41H,3-4,8-11,13,20-24,27-28H2,1-2H3,(H2,39,40,42)/t34-/m0/s1. The molecule has 0 radical (unpaired) electrons. The third-order valence-corrected chi connectivity index (χ3v) is 7.86. The number of urea groups is 1. The number of nitrogens with one attached hydrogen (secondary N) is 3. The molecule has 4 N–H and O–H groups in total. The zero-order valence-corrected chi connectivity index (χ0v) is 27.0. The van der Waals surface area contributed by atoms with Gasteiger partial charge in [-0.1, -0.05) is 61.4 Å². The molecule has 1 heterocycles. The lowest BCUT2D eigenvalue weighted by molar-refractivity contribution is -0.180. The van der Waals surface area contributed by atoms with E-state index < -0.39 is 11.9 Å². The Morgan fingerprint density at radius 2 is 1.62 bits per heavy atom. The molecule has 45 heavy (non-hydrogen) atoms. The minimum Gasteiger partial charge on any atom is -0.463 e. The van der Waals surface area contributed by atoms with Crippen molar-refractivity contribution in [1.29, 1.82) is 0 Å². The molecule has 8 nitrogen and oxygen atoms in total. The summed E-state index contributed by atoms with van der Waals surface area (Å²) >= 11 is 0. The van der Waals surface area contributed by atoms with E-state index in [9.17, 15) is 9.90 Å². The summed E-state index contributed by atoms with van der Waals surface area (Å²) in [5.74, 6) is 0.218. The number of aliphatic hydroxyl groups excluding tert-OH is 1. The fraction of sp³-hybridized carbons (Fsp3) is 0.486. The molecule has 0 aliphatic carbocycles. The summed E-state index contributed by atoms with van der Waals surface area (Å²) in [7, 11) is 0. The highest BCUT2D eigenvalue weighted by molar-refractivity contribution is 5.89. The van der Waals surface area contributed by atoms with Gasteiger partial charge in [-0.2, -0.15) is 0 Å². The number of fused-ring (bicyclic) bond motifs is 1. The normalized spacial score (nSPS) is 14.3. The smallest absolute Gasteiger partial charge is 0.319 e. The SMILES string of the molecule is CC1(C)OCc2cc([C@@H](O)CNCCCCCCOCCCCc3cccc(CCNC(=O)Nc4ccccc4)c3)ccc2O1. The molecule has 0 saturated carbocycles. The number of ether oxygens (including phenoxy) is 3. The summed E-state index contributed by atoms with van der Waals surface area (Å²) in [6.45, 7) is 7.94. The van der Waals surface area contributed by atoms with Gasteiger partial charge in [0, 0.05) is 51.4 Å². The molecule has 0 aromatic heterocycles. The van der Waals surface area contributed by atoms with Gasteiger partial charge in [0.25, 0.3) is 0 Å². The van der Waals surface area contributed by atoms with Gasteiger partial charge in [0.1, 0.15) is 5.75 Å². The van der Waals surface area contributed by atoms with Gasteiger partial charge in [0.2, 0.25) is 5.79 Å². The van der Waals surface area contributed by atoms with Crippen molar-refractivity contribution in [2.75, 3.05) is 38.2 Å². The van der Waals surface area contributed by atoms with Gasteiger partial charge < -0.3 is 35.3 Å². The summed E-state index contributed by atoms with van der Waals surface area (Å²) in [4.78, 5) is 12.1. The van der Waals surface area contributed by atoms with Crippen LogP contribution in [-0.2, 0) is 28.9 Å². The molecular weight excluding hydrogens is 566 g/mol. The quantitative estimate of drug-likeness (QED) is 0.109. The zero-order chi connectivity index (χ0) is 31.7. The van der Waals surface area contributed by atoms with E-state index in [0.29, 0.717) is 19.7 Å². The summed E-state index contributed by atoms with van der Waals surface area (Å²) in [5.41, 5.74) is 5.22. The van der Waals surface area contributed by atoms with Crippen molar-refractivity contribution in [1.82, 2.24) is 10.6 Å². The van der Waals surface area contributed by atoms with Crippen LogP contribution in [0, 0.1) is 0 Å². The molecule has 0 fully saturated rings. The first-order chi connectivity index (χ1) is 21.9. The average molecular weight is 618 g/mol. The molecule has 244 valence electrons. The third-order valence-electron chi connectivity index (χ3n) is 7.86. The summed E-state index contributed by atoms with van der Waals surface area (Å²) in [6, 6.07) is 23.8. The van der Waals surface area contributed by atoms with Gasteiger partial charge in [-0.15, -0.1) is 0 Å². The van der Waals surface area contributed by atoms with Crippen molar-refractivity contribution in [2.45, 2.75) is 83.7 Å². The largest absolute Gasteiger partial charge is 0.463 e. The van der Waals surface area contributed by atoms with Crippen LogP contribution in [0.5, 0.6) is 5.75 Å². The van der Waals surface area contributed by atoms with E-state index in [-0.39, 0.29) is 6.03 Å². The molecule has 3 aromatic rings. The Kier molecular flexibility index (Phi) is 14.2. The number of aryl methyl sites for hydroxylation is 1. The predicted molar refractivity (Wildman–Crippen MR) is 180 cm³/mol. The van der Waals surface area contributed by atoms with E-state index >= 15 is 0 Å². The number of benzene rings is 3. The van der Waals surface area contributed by atoms with E-state index in [1.807, 2.05) is 62.4 Å². The van der Waals surface area contributed by atoms with Crippen molar-refractivity contribution in [3.05, 3.63) is 95.1 Å². The first-order valence-corrected chi connectivity index (χ1v) is 16.5. The van der Waals surface area contributed by atoms with E-state index in [1.54, 1.807) is 0 Å². The maximum atomic E-state index is 12.1. The first-order valence-electron chi connectivity index (χ1n) is 16.5. The zero-order valence-electron chi connectivity index (χ0n) is 27.0. The monoisotopic (exact) mass is 617 g/mol. The van der Waals surface area contributed by atoms with Gasteiger partial charge in [0.05, 0.1) is 12.7 Å². The van der Waals surface area contributed by atoms with E-state index in [0.717, 1.165) is 93.7 Å². The average Bonchev–Trinajstić information content (AvgIpc) is 3.03. The lowest BCUT2D eigenvalue weighted by Crippen LogP contribution is -2.35. The number of unbranched alkanes of at least 4 members (excludes halogenated alkanes) is 4. The number of para-hydroxylation sites is 1. The molecule has 8 heteroatoms. The van der Waals surface area contributed by atoms with Crippen LogP contribution in [0.2, 0.25) is 0 Å². The Hall–Kier alpha value is -3.43. The van der Waals surface area contributed by atoms with Gasteiger partial charge in [-0.25, -0.2) is 4.79 Å². The van der Waals surface area contributed by atoms with Crippen LogP contribution in [0.3, 0.4) is 0 Å². The summed E-state index contributed by atoms with van der Waals surface area (Å²) in [5, 5.41) is 19.7. The molecule has 0 saturated heterocycles. The summed E-state index contributed by atoms with van der Waals surface area (Å²) in [6.07, 6.45) is 7.92. The van der Waals surface area contributed by atoms with Crippen LogP contribution in [-0.4, -0.2) is 49.8 Å². The predicted octanol–water partition coefficient (Wildman–Crippen LogP) is 6.92. The molecule has 3 aromatic carbocycles. The van der Waals surface area contributed by atoms with Crippen LogP contribution in [0.25, 0.3) is 0 Å². The number of hydrogen-bond donors (Lipinski definition) is 4. The van der Waals surface area contributed by atoms with Crippen LogP contribution in [0.15, 0.2) is 72.8 Å². The van der Waals surface area contributed by atoms with Gasteiger partial charge in [-0.3, -0.25) is 0 Å². The molecule has 1 aliphatic rings. The van der Waals surface area contributed by atoms with Crippen molar-refractivity contribution >= 4 is 11.7 Å². The number of hydrogen-bond acceptors (Lipinski definition) is 6. The first kappa shape index (κ1) is 34.4.